The Kier molecular flexibility index (Phi) is 0.995. The highest BCUT2D eigenvalue weighted by atomic mass is 14.5. The molecule has 1 heteroatoms. The SMILES string of the molecule is NCC1=CC2CC2C=C1. The molecule has 2 unspecified atom stereocenters. The highest BCUT2D eigenvalue weighted by molar-refractivity contribution is 5.31. The van der Waals surface area contributed by atoms with Crippen LogP contribution in [0.4, 0.5) is 0 Å². The summed E-state index contributed by atoms with van der Waals surface area (Å²) in [6, 6.07) is 0. The van der Waals surface area contributed by atoms with Gasteiger partial charge in [0, 0.05) is 6.54 Å². The minimum absolute atomic E-state index is 0.708. The van der Waals surface area contributed by atoms with Crippen molar-refractivity contribution >= 4 is 0 Å². The molecule has 0 amide bonds. The molecule has 1 saturated carbocycles. The van der Waals surface area contributed by atoms with Gasteiger partial charge in [-0.2, -0.15) is 0 Å². The Morgan fingerprint density at radius 2 is 2.44 bits per heavy atom. The summed E-state index contributed by atoms with van der Waals surface area (Å²) in [6.45, 7) is 0.708. The minimum Gasteiger partial charge on any atom is -0.327 e. The molecule has 0 heterocycles. The van der Waals surface area contributed by atoms with E-state index in [-0.39, 0.29) is 0 Å². The number of allylic oxidation sites excluding steroid dienone is 2. The predicted octanol–water partition coefficient (Wildman–Crippen LogP) is 1.08. The second kappa shape index (κ2) is 1.71. The second-order valence-corrected chi connectivity index (χ2v) is 2.87. The van der Waals surface area contributed by atoms with E-state index in [2.05, 4.69) is 18.2 Å². The quantitative estimate of drug-likeness (QED) is 0.552. The van der Waals surface area contributed by atoms with Crippen molar-refractivity contribution in [3.63, 3.8) is 0 Å². The number of rotatable bonds is 1. The van der Waals surface area contributed by atoms with Crippen LogP contribution in [0.1, 0.15) is 6.42 Å². The van der Waals surface area contributed by atoms with Crippen LogP contribution in [-0.4, -0.2) is 6.54 Å². The van der Waals surface area contributed by atoms with Gasteiger partial charge in [0.15, 0.2) is 0 Å². The molecule has 48 valence electrons. The zero-order valence-corrected chi connectivity index (χ0v) is 5.38. The lowest BCUT2D eigenvalue weighted by Crippen LogP contribution is -2.02. The van der Waals surface area contributed by atoms with Crippen LogP contribution >= 0.6 is 0 Å². The molecule has 0 saturated heterocycles. The summed E-state index contributed by atoms with van der Waals surface area (Å²) in [7, 11) is 0. The maximum Gasteiger partial charge on any atom is 0.0174 e. The van der Waals surface area contributed by atoms with E-state index in [0.29, 0.717) is 6.54 Å². The Hall–Kier alpha value is -0.560. The lowest BCUT2D eigenvalue weighted by molar-refractivity contribution is 0.950. The van der Waals surface area contributed by atoms with E-state index in [1.807, 2.05) is 0 Å². The molecule has 0 bridgehead atoms. The molecule has 9 heavy (non-hydrogen) atoms. The van der Waals surface area contributed by atoms with Gasteiger partial charge in [0.1, 0.15) is 0 Å². The van der Waals surface area contributed by atoms with Gasteiger partial charge in [0.2, 0.25) is 0 Å². The van der Waals surface area contributed by atoms with E-state index in [4.69, 9.17) is 5.73 Å². The molecule has 2 N–H and O–H groups in total. The highest BCUT2D eigenvalue weighted by Crippen LogP contribution is 2.43. The Morgan fingerprint density at radius 1 is 1.56 bits per heavy atom. The predicted molar refractivity (Wildman–Crippen MR) is 37.9 cm³/mol. The van der Waals surface area contributed by atoms with Crippen LogP contribution in [0.25, 0.3) is 0 Å². The molecular formula is C8H11N. The summed E-state index contributed by atoms with van der Waals surface area (Å²) in [4.78, 5) is 0. The van der Waals surface area contributed by atoms with E-state index >= 15 is 0 Å². The van der Waals surface area contributed by atoms with Gasteiger partial charge in [-0.15, -0.1) is 0 Å². The van der Waals surface area contributed by atoms with Crippen LogP contribution in [0.3, 0.4) is 0 Å². The Balaban J connectivity index is 2.16. The first kappa shape index (κ1) is 5.24. The molecule has 0 aromatic heterocycles. The molecule has 2 atom stereocenters. The van der Waals surface area contributed by atoms with Gasteiger partial charge in [-0.1, -0.05) is 18.2 Å². The van der Waals surface area contributed by atoms with Crippen molar-refractivity contribution in [1.29, 1.82) is 0 Å². The first-order chi connectivity index (χ1) is 4.40. The minimum atomic E-state index is 0.708. The zero-order chi connectivity index (χ0) is 6.27. The fourth-order valence-corrected chi connectivity index (χ4v) is 1.36. The van der Waals surface area contributed by atoms with Crippen molar-refractivity contribution in [2.75, 3.05) is 6.54 Å². The van der Waals surface area contributed by atoms with E-state index in [0.717, 1.165) is 11.8 Å². The topological polar surface area (TPSA) is 26.0 Å². The maximum atomic E-state index is 5.46. The van der Waals surface area contributed by atoms with Crippen molar-refractivity contribution in [3.05, 3.63) is 23.8 Å². The standard InChI is InChI=1S/C8H11N/c9-5-6-1-2-7-4-8(7)3-6/h1-3,7-8H,4-5,9H2. The van der Waals surface area contributed by atoms with Crippen molar-refractivity contribution in [2.45, 2.75) is 6.42 Å². The van der Waals surface area contributed by atoms with Crippen LogP contribution < -0.4 is 5.73 Å². The zero-order valence-electron chi connectivity index (χ0n) is 5.38. The van der Waals surface area contributed by atoms with Crippen molar-refractivity contribution in [3.8, 4) is 0 Å². The number of hydrogen-bond acceptors (Lipinski definition) is 1. The molecule has 2 aliphatic carbocycles. The number of hydrogen-bond donors (Lipinski definition) is 1. The van der Waals surface area contributed by atoms with Gasteiger partial charge in [0.05, 0.1) is 0 Å². The lowest BCUT2D eigenvalue weighted by Gasteiger charge is -2.00. The molecule has 0 radical (unpaired) electrons. The summed E-state index contributed by atoms with van der Waals surface area (Å²) in [5.41, 5.74) is 6.78. The van der Waals surface area contributed by atoms with Crippen LogP contribution in [-0.2, 0) is 0 Å². The normalized spacial score (nSPS) is 37.7. The first-order valence-corrected chi connectivity index (χ1v) is 3.49. The van der Waals surface area contributed by atoms with Gasteiger partial charge < -0.3 is 5.73 Å². The Bertz CT molecular complexity index is 179. The molecule has 0 aromatic rings. The summed E-state index contributed by atoms with van der Waals surface area (Å²) < 4.78 is 0. The Morgan fingerprint density at radius 3 is 3.11 bits per heavy atom. The van der Waals surface area contributed by atoms with Gasteiger partial charge in [0.25, 0.3) is 0 Å². The summed E-state index contributed by atoms with van der Waals surface area (Å²) in [6.07, 6.45) is 8.12. The van der Waals surface area contributed by atoms with E-state index < -0.39 is 0 Å². The summed E-state index contributed by atoms with van der Waals surface area (Å²) in [5.74, 6) is 1.73. The van der Waals surface area contributed by atoms with Crippen molar-refractivity contribution in [1.82, 2.24) is 0 Å². The average molecular weight is 121 g/mol. The van der Waals surface area contributed by atoms with Crippen LogP contribution in [0, 0.1) is 11.8 Å². The fourth-order valence-electron chi connectivity index (χ4n) is 1.36. The highest BCUT2D eigenvalue weighted by Gasteiger charge is 2.34. The summed E-state index contributed by atoms with van der Waals surface area (Å²) in [5, 5.41) is 0. The monoisotopic (exact) mass is 121 g/mol. The van der Waals surface area contributed by atoms with E-state index in [1.54, 1.807) is 0 Å². The molecule has 2 rings (SSSR count). The van der Waals surface area contributed by atoms with Crippen molar-refractivity contribution < 1.29 is 0 Å². The van der Waals surface area contributed by atoms with Gasteiger partial charge in [-0.25, -0.2) is 0 Å². The second-order valence-electron chi connectivity index (χ2n) is 2.87. The molecule has 0 spiro atoms. The largest absolute Gasteiger partial charge is 0.327 e. The lowest BCUT2D eigenvalue weighted by atomic mass is 10.1. The molecule has 1 nitrogen and oxygen atoms in total. The smallest absolute Gasteiger partial charge is 0.0174 e. The third-order valence-electron chi connectivity index (χ3n) is 2.11. The number of fused-ring (bicyclic) bond motifs is 1. The van der Waals surface area contributed by atoms with Gasteiger partial charge in [-0.05, 0) is 23.8 Å². The first-order valence-electron chi connectivity index (χ1n) is 3.49. The summed E-state index contributed by atoms with van der Waals surface area (Å²) >= 11 is 0. The third kappa shape index (κ3) is 0.815. The van der Waals surface area contributed by atoms with Gasteiger partial charge in [-0.3, -0.25) is 0 Å². The van der Waals surface area contributed by atoms with E-state index in [9.17, 15) is 0 Å². The van der Waals surface area contributed by atoms with E-state index in [1.165, 1.54) is 12.0 Å². The molecular weight excluding hydrogens is 110 g/mol. The number of nitrogens with two attached hydrogens (primary N) is 1. The molecule has 0 aromatic carbocycles. The fraction of sp³-hybridized carbons (Fsp3) is 0.500. The molecule has 1 fully saturated rings. The van der Waals surface area contributed by atoms with Gasteiger partial charge >= 0.3 is 0 Å². The maximum absolute atomic E-state index is 5.46. The van der Waals surface area contributed by atoms with Crippen molar-refractivity contribution in [2.24, 2.45) is 17.6 Å². The third-order valence-corrected chi connectivity index (χ3v) is 2.11. The van der Waals surface area contributed by atoms with Crippen LogP contribution in [0.5, 0.6) is 0 Å². The molecule has 2 aliphatic rings. The molecule has 0 aliphatic heterocycles. The van der Waals surface area contributed by atoms with Crippen LogP contribution in [0.15, 0.2) is 23.8 Å². The van der Waals surface area contributed by atoms with Crippen LogP contribution in [0.2, 0.25) is 0 Å². The average Bonchev–Trinajstić information content (AvgIpc) is 2.64. The Labute approximate surface area is 55.2 Å².